The summed E-state index contributed by atoms with van der Waals surface area (Å²) in [5, 5.41) is 7.41. The van der Waals surface area contributed by atoms with Crippen LogP contribution in [0.15, 0.2) is 48.7 Å². The number of nitrogens with one attached hydrogen (secondary N) is 1. The summed E-state index contributed by atoms with van der Waals surface area (Å²) in [5.41, 5.74) is 6.46. The van der Waals surface area contributed by atoms with E-state index in [1.54, 1.807) is 13.3 Å². The molecule has 5 nitrogen and oxygen atoms in total. The molecule has 0 fully saturated rings. The average molecular weight is 270 g/mol. The van der Waals surface area contributed by atoms with Crippen molar-refractivity contribution in [2.45, 2.75) is 6.42 Å². The van der Waals surface area contributed by atoms with Gasteiger partial charge in [0.25, 0.3) is 0 Å². The maximum absolute atomic E-state index is 7.41. The highest BCUT2D eigenvalue weighted by Crippen LogP contribution is 2.31. The monoisotopic (exact) mass is 270 g/mol. The zero-order valence-corrected chi connectivity index (χ0v) is 11.4. The van der Waals surface area contributed by atoms with Gasteiger partial charge in [0.1, 0.15) is 0 Å². The average Bonchev–Trinajstić information content (AvgIpc) is 2.49. The van der Waals surface area contributed by atoms with Crippen molar-refractivity contribution in [2.24, 2.45) is 5.73 Å². The van der Waals surface area contributed by atoms with Crippen LogP contribution >= 0.6 is 0 Å². The molecule has 20 heavy (non-hydrogen) atoms. The van der Waals surface area contributed by atoms with Gasteiger partial charge in [-0.25, -0.2) is 4.98 Å². The second kappa shape index (κ2) is 6.56. The van der Waals surface area contributed by atoms with E-state index in [0.717, 1.165) is 11.5 Å². The Kier molecular flexibility index (Phi) is 4.55. The van der Waals surface area contributed by atoms with Crippen LogP contribution in [0.3, 0.4) is 0 Å². The van der Waals surface area contributed by atoms with E-state index in [4.69, 9.17) is 15.9 Å². The standard InChI is InChI=1S/C15H18N4O/c1-20-13-8-5-10-18-15(13)19(11-9-14(16)17)12-6-3-2-4-7-12/h2-8,10H,9,11H2,1H3,(H3,16,17). The molecule has 0 saturated carbocycles. The predicted molar refractivity (Wildman–Crippen MR) is 80.8 cm³/mol. The lowest BCUT2D eigenvalue weighted by atomic mass is 10.2. The summed E-state index contributed by atoms with van der Waals surface area (Å²) in [6.45, 7) is 0.576. The predicted octanol–water partition coefficient (Wildman–Crippen LogP) is 2.55. The third kappa shape index (κ3) is 3.26. The Hall–Kier alpha value is -2.56. The summed E-state index contributed by atoms with van der Waals surface area (Å²) in [6.07, 6.45) is 2.19. The summed E-state index contributed by atoms with van der Waals surface area (Å²) in [7, 11) is 1.62. The van der Waals surface area contributed by atoms with Crippen LogP contribution in [0.4, 0.5) is 11.5 Å². The van der Waals surface area contributed by atoms with Gasteiger partial charge in [0.15, 0.2) is 11.6 Å². The van der Waals surface area contributed by atoms with Crippen LogP contribution in [0.5, 0.6) is 5.75 Å². The van der Waals surface area contributed by atoms with Gasteiger partial charge in [-0.15, -0.1) is 0 Å². The third-order valence-electron chi connectivity index (χ3n) is 2.90. The van der Waals surface area contributed by atoms with Gasteiger partial charge in [0, 0.05) is 24.8 Å². The van der Waals surface area contributed by atoms with Crippen molar-refractivity contribution in [3.63, 3.8) is 0 Å². The molecule has 0 bridgehead atoms. The zero-order valence-electron chi connectivity index (χ0n) is 11.4. The number of anilines is 2. The van der Waals surface area contributed by atoms with E-state index in [2.05, 4.69) is 4.98 Å². The summed E-state index contributed by atoms with van der Waals surface area (Å²) >= 11 is 0. The third-order valence-corrected chi connectivity index (χ3v) is 2.90. The highest BCUT2D eigenvalue weighted by atomic mass is 16.5. The molecular formula is C15H18N4O. The SMILES string of the molecule is COc1cccnc1N(CCC(=N)N)c1ccccc1. The highest BCUT2D eigenvalue weighted by Gasteiger charge is 2.15. The molecule has 0 spiro atoms. The molecular weight excluding hydrogens is 252 g/mol. The minimum atomic E-state index is 0.154. The molecule has 2 rings (SSSR count). The maximum Gasteiger partial charge on any atom is 0.175 e. The lowest BCUT2D eigenvalue weighted by molar-refractivity contribution is 0.413. The Morgan fingerprint density at radius 3 is 2.65 bits per heavy atom. The Morgan fingerprint density at radius 1 is 1.25 bits per heavy atom. The number of ether oxygens (including phenoxy) is 1. The Labute approximate surface area is 118 Å². The number of pyridine rings is 1. The zero-order chi connectivity index (χ0) is 14.4. The first-order chi connectivity index (χ1) is 9.72. The summed E-state index contributed by atoms with van der Waals surface area (Å²) in [6, 6.07) is 13.6. The first-order valence-electron chi connectivity index (χ1n) is 6.37. The van der Waals surface area contributed by atoms with E-state index in [1.807, 2.05) is 47.4 Å². The Balaban J connectivity index is 2.38. The molecule has 1 aromatic heterocycles. The molecule has 0 saturated heterocycles. The van der Waals surface area contributed by atoms with Crippen LogP contribution in [-0.4, -0.2) is 24.5 Å². The normalized spacial score (nSPS) is 10.1. The first-order valence-corrected chi connectivity index (χ1v) is 6.37. The lowest BCUT2D eigenvalue weighted by Crippen LogP contribution is -2.24. The van der Waals surface area contributed by atoms with E-state index < -0.39 is 0 Å². The van der Waals surface area contributed by atoms with Gasteiger partial charge in [0.2, 0.25) is 0 Å². The summed E-state index contributed by atoms with van der Waals surface area (Å²) in [4.78, 5) is 6.39. The number of methoxy groups -OCH3 is 1. The van der Waals surface area contributed by atoms with E-state index in [1.165, 1.54) is 0 Å². The second-order valence-corrected chi connectivity index (χ2v) is 4.29. The van der Waals surface area contributed by atoms with E-state index in [9.17, 15) is 0 Å². The van der Waals surface area contributed by atoms with Crippen molar-refractivity contribution < 1.29 is 4.74 Å². The number of rotatable bonds is 6. The van der Waals surface area contributed by atoms with Gasteiger partial charge < -0.3 is 15.4 Å². The topological polar surface area (TPSA) is 75.2 Å². The summed E-state index contributed by atoms with van der Waals surface area (Å²) < 4.78 is 5.37. The number of benzene rings is 1. The molecule has 1 aromatic carbocycles. The fourth-order valence-electron chi connectivity index (χ4n) is 1.94. The maximum atomic E-state index is 7.41. The molecule has 0 radical (unpaired) electrons. The lowest BCUT2D eigenvalue weighted by Gasteiger charge is -2.25. The van der Waals surface area contributed by atoms with Crippen molar-refractivity contribution in [1.29, 1.82) is 5.41 Å². The number of hydrogen-bond acceptors (Lipinski definition) is 4. The van der Waals surface area contributed by atoms with E-state index in [-0.39, 0.29) is 5.84 Å². The van der Waals surface area contributed by atoms with Gasteiger partial charge in [0.05, 0.1) is 12.9 Å². The van der Waals surface area contributed by atoms with Gasteiger partial charge >= 0.3 is 0 Å². The van der Waals surface area contributed by atoms with Crippen molar-refractivity contribution >= 4 is 17.3 Å². The fraction of sp³-hybridized carbons (Fsp3) is 0.200. The summed E-state index contributed by atoms with van der Waals surface area (Å²) in [5.74, 6) is 1.57. The smallest absolute Gasteiger partial charge is 0.175 e. The van der Waals surface area contributed by atoms with Crippen molar-refractivity contribution in [2.75, 3.05) is 18.6 Å². The molecule has 1 heterocycles. The van der Waals surface area contributed by atoms with Crippen LogP contribution in [0.1, 0.15) is 6.42 Å². The molecule has 0 amide bonds. The molecule has 0 aliphatic carbocycles. The molecule has 104 valence electrons. The fourth-order valence-corrected chi connectivity index (χ4v) is 1.94. The van der Waals surface area contributed by atoms with Gasteiger partial charge in [-0.05, 0) is 24.3 Å². The van der Waals surface area contributed by atoms with Crippen LogP contribution < -0.4 is 15.4 Å². The molecule has 5 heteroatoms. The number of aromatic nitrogens is 1. The largest absolute Gasteiger partial charge is 0.493 e. The van der Waals surface area contributed by atoms with Gasteiger partial charge in [-0.1, -0.05) is 18.2 Å². The molecule has 0 aliphatic heterocycles. The molecule has 0 aliphatic rings. The Bertz CT molecular complexity index is 571. The van der Waals surface area contributed by atoms with Crippen LogP contribution in [0, 0.1) is 5.41 Å². The molecule has 3 N–H and O–H groups in total. The van der Waals surface area contributed by atoms with Crippen LogP contribution in [-0.2, 0) is 0 Å². The quantitative estimate of drug-likeness (QED) is 0.625. The number of para-hydroxylation sites is 1. The number of nitrogens with zero attached hydrogens (tertiary/aromatic N) is 2. The van der Waals surface area contributed by atoms with Gasteiger partial charge in [-0.2, -0.15) is 0 Å². The second-order valence-electron chi connectivity index (χ2n) is 4.29. The van der Waals surface area contributed by atoms with Crippen LogP contribution in [0.2, 0.25) is 0 Å². The van der Waals surface area contributed by atoms with Crippen molar-refractivity contribution in [3.8, 4) is 5.75 Å². The molecule has 2 aromatic rings. The van der Waals surface area contributed by atoms with Crippen molar-refractivity contribution in [1.82, 2.24) is 4.98 Å². The van der Waals surface area contributed by atoms with Crippen molar-refractivity contribution in [3.05, 3.63) is 48.7 Å². The molecule has 0 atom stereocenters. The number of hydrogen-bond donors (Lipinski definition) is 2. The minimum absolute atomic E-state index is 0.154. The Morgan fingerprint density at radius 2 is 2.00 bits per heavy atom. The first kappa shape index (κ1) is 13.9. The minimum Gasteiger partial charge on any atom is -0.493 e. The van der Waals surface area contributed by atoms with E-state index in [0.29, 0.717) is 18.7 Å². The molecule has 0 unspecified atom stereocenters. The van der Waals surface area contributed by atoms with E-state index >= 15 is 0 Å². The van der Waals surface area contributed by atoms with Crippen LogP contribution in [0.25, 0.3) is 0 Å². The van der Waals surface area contributed by atoms with Gasteiger partial charge in [-0.3, -0.25) is 5.41 Å². The highest BCUT2D eigenvalue weighted by molar-refractivity contribution is 5.78. The number of nitrogens with two attached hydrogens (primary N) is 1. The number of amidine groups is 1.